The van der Waals surface area contributed by atoms with E-state index in [4.69, 9.17) is 15.2 Å². The maximum atomic E-state index is 11.3. The van der Waals surface area contributed by atoms with Gasteiger partial charge in [-0.15, -0.1) is 0 Å². The molecule has 0 aliphatic carbocycles. The second-order valence-corrected chi connectivity index (χ2v) is 5.07. The second-order valence-electron chi connectivity index (χ2n) is 5.07. The molecule has 2 N–H and O–H groups in total. The molecular formula is C14H28N2O3. The van der Waals surface area contributed by atoms with Crippen molar-refractivity contribution in [3.8, 4) is 0 Å². The molecule has 0 spiro atoms. The molecule has 112 valence electrons. The fourth-order valence-corrected chi connectivity index (χ4v) is 2.21. The zero-order valence-electron chi connectivity index (χ0n) is 12.1. The van der Waals surface area contributed by atoms with Crippen LogP contribution in [0.2, 0.25) is 0 Å². The predicted molar refractivity (Wildman–Crippen MR) is 75.0 cm³/mol. The molecule has 1 aliphatic heterocycles. The van der Waals surface area contributed by atoms with E-state index in [1.165, 1.54) is 12.8 Å². The monoisotopic (exact) mass is 272 g/mol. The van der Waals surface area contributed by atoms with Crippen molar-refractivity contribution in [2.24, 2.45) is 5.73 Å². The van der Waals surface area contributed by atoms with Gasteiger partial charge < -0.3 is 15.2 Å². The van der Waals surface area contributed by atoms with E-state index in [1.807, 2.05) is 0 Å². The van der Waals surface area contributed by atoms with E-state index >= 15 is 0 Å². The van der Waals surface area contributed by atoms with Crippen LogP contribution >= 0.6 is 0 Å². The van der Waals surface area contributed by atoms with E-state index in [1.54, 1.807) is 0 Å². The van der Waals surface area contributed by atoms with Crippen LogP contribution < -0.4 is 5.73 Å². The van der Waals surface area contributed by atoms with Crippen molar-refractivity contribution >= 4 is 5.91 Å². The van der Waals surface area contributed by atoms with Crippen LogP contribution in [0.5, 0.6) is 0 Å². The Bertz CT molecular complexity index is 243. The van der Waals surface area contributed by atoms with Crippen LogP contribution in [-0.4, -0.2) is 56.4 Å². The minimum absolute atomic E-state index is 0.335. The lowest BCUT2D eigenvalue weighted by Gasteiger charge is -2.27. The van der Waals surface area contributed by atoms with Crippen molar-refractivity contribution < 1.29 is 14.3 Å². The fraction of sp³-hybridized carbons (Fsp3) is 0.929. The Kier molecular flexibility index (Phi) is 8.79. The molecule has 1 saturated heterocycles. The van der Waals surface area contributed by atoms with E-state index in [0.717, 1.165) is 52.1 Å². The molecule has 5 nitrogen and oxygen atoms in total. The number of hydrogen-bond donors (Lipinski definition) is 1. The van der Waals surface area contributed by atoms with Crippen LogP contribution in [0.15, 0.2) is 0 Å². The molecule has 1 atom stereocenters. The van der Waals surface area contributed by atoms with Crippen molar-refractivity contribution in [3.05, 3.63) is 0 Å². The first-order chi connectivity index (χ1) is 9.24. The minimum atomic E-state index is -0.419. The summed E-state index contributed by atoms with van der Waals surface area (Å²) in [5.41, 5.74) is 5.37. The zero-order valence-corrected chi connectivity index (χ0v) is 12.1. The van der Waals surface area contributed by atoms with Crippen LogP contribution in [0.25, 0.3) is 0 Å². The summed E-state index contributed by atoms with van der Waals surface area (Å²) in [5.74, 6) is -0.335. The molecule has 0 aromatic rings. The van der Waals surface area contributed by atoms with Gasteiger partial charge in [0.2, 0.25) is 5.91 Å². The third kappa shape index (κ3) is 7.50. The SMILES string of the molecule is CCCCCCC(OCCN1CCOCC1)C(N)=O. The highest BCUT2D eigenvalue weighted by atomic mass is 16.5. The molecule has 5 heteroatoms. The number of hydrogen-bond acceptors (Lipinski definition) is 4. The lowest BCUT2D eigenvalue weighted by molar-refractivity contribution is -0.130. The van der Waals surface area contributed by atoms with E-state index in [9.17, 15) is 4.79 Å². The van der Waals surface area contributed by atoms with Gasteiger partial charge in [-0.05, 0) is 6.42 Å². The van der Waals surface area contributed by atoms with Gasteiger partial charge in [-0.25, -0.2) is 0 Å². The van der Waals surface area contributed by atoms with Gasteiger partial charge in [-0.2, -0.15) is 0 Å². The topological polar surface area (TPSA) is 64.8 Å². The summed E-state index contributed by atoms with van der Waals surface area (Å²) in [6, 6.07) is 0. The van der Waals surface area contributed by atoms with Gasteiger partial charge in [0.1, 0.15) is 6.10 Å². The summed E-state index contributed by atoms with van der Waals surface area (Å²) in [7, 11) is 0. The van der Waals surface area contributed by atoms with Crippen molar-refractivity contribution in [1.82, 2.24) is 4.90 Å². The van der Waals surface area contributed by atoms with Gasteiger partial charge in [0.15, 0.2) is 0 Å². The number of nitrogens with two attached hydrogens (primary N) is 1. The normalized spacial score (nSPS) is 18.4. The Balaban J connectivity index is 2.12. The van der Waals surface area contributed by atoms with E-state index < -0.39 is 6.10 Å². The van der Waals surface area contributed by atoms with Crippen LogP contribution in [0, 0.1) is 0 Å². The zero-order chi connectivity index (χ0) is 13.9. The Labute approximate surface area is 116 Å². The molecule has 1 rings (SSSR count). The third-order valence-electron chi connectivity index (χ3n) is 3.47. The number of nitrogens with zero attached hydrogens (tertiary/aromatic N) is 1. The summed E-state index contributed by atoms with van der Waals surface area (Å²) in [6.07, 6.45) is 4.89. The summed E-state index contributed by atoms with van der Waals surface area (Å²) < 4.78 is 10.9. The average Bonchev–Trinajstić information content (AvgIpc) is 2.42. The van der Waals surface area contributed by atoms with Crippen molar-refractivity contribution in [3.63, 3.8) is 0 Å². The van der Waals surface area contributed by atoms with Gasteiger partial charge in [0.05, 0.1) is 19.8 Å². The lowest BCUT2D eigenvalue weighted by Crippen LogP contribution is -2.40. The maximum Gasteiger partial charge on any atom is 0.246 e. The molecule has 1 amide bonds. The van der Waals surface area contributed by atoms with E-state index in [-0.39, 0.29) is 5.91 Å². The highest BCUT2D eigenvalue weighted by molar-refractivity contribution is 5.78. The van der Waals surface area contributed by atoms with Crippen LogP contribution in [-0.2, 0) is 14.3 Å². The van der Waals surface area contributed by atoms with E-state index in [0.29, 0.717) is 6.61 Å². The summed E-state index contributed by atoms with van der Waals surface area (Å²) >= 11 is 0. The Morgan fingerprint density at radius 2 is 2.05 bits per heavy atom. The summed E-state index contributed by atoms with van der Waals surface area (Å²) in [6.45, 7) is 7.06. The first-order valence-electron chi connectivity index (χ1n) is 7.45. The van der Waals surface area contributed by atoms with Crippen molar-refractivity contribution in [1.29, 1.82) is 0 Å². The summed E-state index contributed by atoms with van der Waals surface area (Å²) in [4.78, 5) is 13.6. The standard InChI is InChI=1S/C14H28N2O3/c1-2-3-4-5-6-13(14(15)17)19-12-9-16-7-10-18-11-8-16/h13H,2-12H2,1H3,(H2,15,17). The predicted octanol–water partition coefficient (Wildman–Crippen LogP) is 1.16. The first-order valence-corrected chi connectivity index (χ1v) is 7.45. The second kappa shape index (κ2) is 10.2. The van der Waals surface area contributed by atoms with Crippen molar-refractivity contribution in [2.45, 2.75) is 45.1 Å². The average molecular weight is 272 g/mol. The molecule has 0 radical (unpaired) electrons. The third-order valence-corrected chi connectivity index (χ3v) is 3.47. The highest BCUT2D eigenvalue weighted by Crippen LogP contribution is 2.08. The molecule has 0 saturated carbocycles. The van der Waals surface area contributed by atoms with Crippen LogP contribution in [0.4, 0.5) is 0 Å². The molecule has 0 aromatic carbocycles. The number of amides is 1. The summed E-state index contributed by atoms with van der Waals surface area (Å²) in [5, 5.41) is 0. The number of carbonyl (C=O) groups is 1. The number of ether oxygens (including phenoxy) is 2. The van der Waals surface area contributed by atoms with Gasteiger partial charge >= 0.3 is 0 Å². The Morgan fingerprint density at radius 1 is 1.32 bits per heavy atom. The molecule has 1 heterocycles. The largest absolute Gasteiger partial charge is 0.379 e. The Morgan fingerprint density at radius 3 is 2.68 bits per heavy atom. The molecule has 0 bridgehead atoms. The lowest BCUT2D eigenvalue weighted by atomic mass is 10.1. The maximum absolute atomic E-state index is 11.3. The number of morpholine rings is 1. The van der Waals surface area contributed by atoms with Crippen LogP contribution in [0.3, 0.4) is 0 Å². The molecular weight excluding hydrogens is 244 g/mol. The smallest absolute Gasteiger partial charge is 0.246 e. The number of unbranched alkanes of at least 4 members (excludes halogenated alkanes) is 3. The quantitative estimate of drug-likeness (QED) is 0.606. The van der Waals surface area contributed by atoms with Gasteiger partial charge in [0, 0.05) is 19.6 Å². The van der Waals surface area contributed by atoms with E-state index in [2.05, 4.69) is 11.8 Å². The van der Waals surface area contributed by atoms with Gasteiger partial charge in [-0.3, -0.25) is 9.69 Å². The molecule has 1 fully saturated rings. The highest BCUT2D eigenvalue weighted by Gasteiger charge is 2.16. The molecule has 19 heavy (non-hydrogen) atoms. The van der Waals surface area contributed by atoms with Crippen LogP contribution in [0.1, 0.15) is 39.0 Å². The molecule has 0 aromatic heterocycles. The number of carbonyl (C=O) groups excluding carboxylic acids is 1. The molecule has 1 aliphatic rings. The number of rotatable bonds is 10. The van der Waals surface area contributed by atoms with Crippen molar-refractivity contribution in [2.75, 3.05) is 39.5 Å². The number of primary amides is 1. The Hall–Kier alpha value is -0.650. The fourth-order valence-electron chi connectivity index (χ4n) is 2.21. The van der Waals surface area contributed by atoms with Gasteiger partial charge in [0.25, 0.3) is 0 Å². The minimum Gasteiger partial charge on any atom is -0.379 e. The molecule has 1 unspecified atom stereocenters. The first kappa shape index (κ1) is 16.4. The van der Waals surface area contributed by atoms with Gasteiger partial charge in [-0.1, -0.05) is 32.6 Å².